The predicted octanol–water partition coefficient (Wildman–Crippen LogP) is 0.795. The van der Waals surface area contributed by atoms with Crippen LogP contribution in [0.15, 0.2) is 33.9 Å². The van der Waals surface area contributed by atoms with E-state index in [0.717, 1.165) is 18.4 Å². The summed E-state index contributed by atoms with van der Waals surface area (Å²) in [5, 5.41) is 0. The second-order valence-corrected chi connectivity index (χ2v) is 5.57. The van der Waals surface area contributed by atoms with E-state index in [4.69, 9.17) is 5.73 Å². The van der Waals surface area contributed by atoms with E-state index in [0.29, 0.717) is 6.54 Å². The number of fused-ring (bicyclic) bond motifs is 1. The average Bonchev–Trinajstić information content (AvgIpc) is 2.56. The Morgan fingerprint density at radius 1 is 1.30 bits per heavy atom. The van der Waals surface area contributed by atoms with Crippen LogP contribution >= 0.6 is 0 Å². The number of carbonyl (C=O) groups is 1. The SMILES string of the molecule is CC[C@@H]1c2ccccc2CCN1C(=O)c1[nH]c(=O)[nH]c(=O)c1N. The quantitative estimate of drug-likeness (QED) is 0.761. The first-order valence-electron chi connectivity index (χ1n) is 7.53. The average molecular weight is 314 g/mol. The minimum atomic E-state index is -0.748. The van der Waals surface area contributed by atoms with Gasteiger partial charge in [0.25, 0.3) is 11.5 Å². The third-order valence-electron chi connectivity index (χ3n) is 4.25. The molecule has 4 N–H and O–H groups in total. The Bertz CT molecular complexity index is 868. The van der Waals surface area contributed by atoms with Crippen molar-refractivity contribution in [2.24, 2.45) is 0 Å². The summed E-state index contributed by atoms with van der Waals surface area (Å²) in [7, 11) is 0. The highest BCUT2D eigenvalue weighted by Crippen LogP contribution is 2.33. The van der Waals surface area contributed by atoms with Gasteiger partial charge in [-0.05, 0) is 24.0 Å². The van der Waals surface area contributed by atoms with Crippen molar-refractivity contribution in [1.29, 1.82) is 0 Å². The molecular formula is C16H18N4O3. The molecule has 1 amide bonds. The van der Waals surface area contributed by atoms with Gasteiger partial charge in [0.15, 0.2) is 0 Å². The van der Waals surface area contributed by atoms with E-state index in [1.807, 2.05) is 30.1 Å². The Morgan fingerprint density at radius 2 is 2.04 bits per heavy atom. The Morgan fingerprint density at radius 3 is 2.78 bits per heavy atom. The second kappa shape index (κ2) is 5.75. The lowest BCUT2D eigenvalue weighted by atomic mass is 9.91. The molecule has 0 saturated carbocycles. The van der Waals surface area contributed by atoms with Gasteiger partial charge in [-0.15, -0.1) is 0 Å². The Hall–Kier alpha value is -2.83. The molecule has 0 radical (unpaired) electrons. The van der Waals surface area contributed by atoms with E-state index in [1.54, 1.807) is 4.90 Å². The number of H-pyrrole nitrogens is 2. The summed E-state index contributed by atoms with van der Waals surface area (Å²) in [6.45, 7) is 2.51. The van der Waals surface area contributed by atoms with E-state index in [-0.39, 0.29) is 17.4 Å². The number of hydrogen-bond acceptors (Lipinski definition) is 4. The minimum absolute atomic E-state index is 0.102. The van der Waals surface area contributed by atoms with E-state index >= 15 is 0 Å². The summed E-state index contributed by atoms with van der Waals surface area (Å²) in [6.07, 6.45) is 1.46. The molecule has 7 heteroatoms. The zero-order valence-electron chi connectivity index (χ0n) is 12.8. The maximum absolute atomic E-state index is 12.8. The molecule has 0 saturated heterocycles. The first-order chi connectivity index (χ1) is 11.0. The Labute approximate surface area is 132 Å². The Kier molecular flexibility index (Phi) is 3.77. The molecule has 0 fully saturated rings. The number of benzene rings is 1. The predicted molar refractivity (Wildman–Crippen MR) is 86.3 cm³/mol. The highest BCUT2D eigenvalue weighted by Gasteiger charge is 2.31. The van der Waals surface area contributed by atoms with Crippen molar-refractivity contribution in [3.63, 3.8) is 0 Å². The molecule has 1 atom stereocenters. The maximum atomic E-state index is 12.8. The van der Waals surface area contributed by atoms with Crippen LogP contribution in [0.2, 0.25) is 0 Å². The third kappa shape index (κ3) is 2.54. The smallest absolute Gasteiger partial charge is 0.326 e. The van der Waals surface area contributed by atoms with Gasteiger partial charge < -0.3 is 15.6 Å². The number of amides is 1. The number of carbonyl (C=O) groups excluding carboxylic acids is 1. The van der Waals surface area contributed by atoms with E-state index < -0.39 is 17.2 Å². The monoisotopic (exact) mass is 314 g/mol. The van der Waals surface area contributed by atoms with Crippen LogP contribution in [0.25, 0.3) is 0 Å². The van der Waals surface area contributed by atoms with Crippen molar-refractivity contribution < 1.29 is 4.79 Å². The van der Waals surface area contributed by atoms with Gasteiger partial charge in [0.2, 0.25) is 0 Å². The minimum Gasteiger partial charge on any atom is -0.392 e. The largest absolute Gasteiger partial charge is 0.392 e. The first kappa shape index (κ1) is 15.1. The summed E-state index contributed by atoms with van der Waals surface area (Å²) in [5.41, 5.74) is 6.11. The van der Waals surface area contributed by atoms with Crippen molar-refractivity contribution >= 4 is 11.6 Å². The van der Waals surface area contributed by atoms with Gasteiger partial charge >= 0.3 is 5.69 Å². The van der Waals surface area contributed by atoms with Crippen LogP contribution in [0.5, 0.6) is 0 Å². The highest BCUT2D eigenvalue weighted by molar-refractivity contribution is 5.97. The summed E-state index contributed by atoms with van der Waals surface area (Å²) < 4.78 is 0. The molecule has 1 aliphatic rings. The van der Waals surface area contributed by atoms with Gasteiger partial charge in [0.05, 0.1) is 6.04 Å². The molecule has 0 spiro atoms. The number of nitrogens with zero attached hydrogens (tertiary/aromatic N) is 1. The van der Waals surface area contributed by atoms with Gasteiger partial charge in [-0.3, -0.25) is 14.6 Å². The fraction of sp³-hybridized carbons (Fsp3) is 0.312. The molecule has 1 aromatic carbocycles. The van der Waals surface area contributed by atoms with Crippen LogP contribution in [0.1, 0.15) is 41.0 Å². The van der Waals surface area contributed by atoms with Crippen LogP contribution in [0.3, 0.4) is 0 Å². The molecule has 1 aliphatic heterocycles. The normalized spacial score (nSPS) is 16.9. The third-order valence-corrected chi connectivity index (χ3v) is 4.25. The number of nitrogens with two attached hydrogens (primary N) is 1. The molecule has 2 aromatic rings. The Balaban J connectivity index is 2.04. The van der Waals surface area contributed by atoms with Crippen molar-refractivity contribution in [3.8, 4) is 0 Å². The fourth-order valence-electron chi connectivity index (χ4n) is 3.14. The number of rotatable bonds is 2. The van der Waals surface area contributed by atoms with Crippen molar-refractivity contribution in [2.45, 2.75) is 25.8 Å². The number of anilines is 1. The first-order valence-corrected chi connectivity index (χ1v) is 7.53. The van der Waals surface area contributed by atoms with Crippen LogP contribution in [0.4, 0.5) is 5.69 Å². The van der Waals surface area contributed by atoms with Crippen LogP contribution in [-0.2, 0) is 6.42 Å². The van der Waals surface area contributed by atoms with Gasteiger partial charge in [-0.1, -0.05) is 31.2 Å². The van der Waals surface area contributed by atoms with Crippen molar-refractivity contribution in [1.82, 2.24) is 14.9 Å². The summed E-state index contributed by atoms with van der Waals surface area (Å²) >= 11 is 0. The number of hydrogen-bond donors (Lipinski definition) is 3. The zero-order valence-corrected chi connectivity index (χ0v) is 12.8. The van der Waals surface area contributed by atoms with Crippen molar-refractivity contribution in [2.75, 3.05) is 12.3 Å². The molecule has 3 rings (SSSR count). The molecular weight excluding hydrogens is 296 g/mol. The van der Waals surface area contributed by atoms with Crippen molar-refractivity contribution in [3.05, 3.63) is 61.9 Å². The van der Waals surface area contributed by atoms with E-state index in [1.165, 1.54) is 5.56 Å². The summed E-state index contributed by atoms with van der Waals surface area (Å²) in [5.74, 6) is -0.424. The van der Waals surface area contributed by atoms with E-state index in [2.05, 4.69) is 11.1 Å². The molecule has 7 nitrogen and oxygen atoms in total. The topological polar surface area (TPSA) is 112 Å². The van der Waals surface area contributed by atoms with Gasteiger partial charge in [-0.2, -0.15) is 0 Å². The molecule has 0 unspecified atom stereocenters. The van der Waals surface area contributed by atoms with Crippen LogP contribution in [-0.4, -0.2) is 27.3 Å². The molecule has 0 bridgehead atoms. The number of nitrogen functional groups attached to an aromatic ring is 1. The lowest BCUT2D eigenvalue weighted by molar-refractivity contribution is 0.0650. The van der Waals surface area contributed by atoms with Gasteiger partial charge in [-0.25, -0.2) is 4.79 Å². The van der Waals surface area contributed by atoms with Crippen LogP contribution in [0, 0.1) is 0 Å². The standard InChI is InChI=1S/C16H18N4O3/c1-2-11-10-6-4-3-5-9(10)7-8-20(11)15(22)13-12(17)14(21)19-16(23)18-13/h3-6,11H,2,7-8,17H2,1H3,(H2,18,19,21,23)/t11-/m1/s1. The lowest BCUT2D eigenvalue weighted by Crippen LogP contribution is -2.42. The highest BCUT2D eigenvalue weighted by atomic mass is 16.2. The summed E-state index contributed by atoms with van der Waals surface area (Å²) in [6, 6.07) is 7.89. The molecule has 23 heavy (non-hydrogen) atoms. The molecule has 120 valence electrons. The van der Waals surface area contributed by atoms with E-state index in [9.17, 15) is 14.4 Å². The lowest BCUT2D eigenvalue weighted by Gasteiger charge is -2.37. The number of nitrogens with one attached hydrogen (secondary N) is 2. The van der Waals surface area contributed by atoms with Gasteiger partial charge in [0.1, 0.15) is 11.4 Å². The zero-order chi connectivity index (χ0) is 16.6. The number of aromatic nitrogens is 2. The number of aromatic amines is 2. The summed E-state index contributed by atoms with van der Waals surface area (Å²) in [4.78, 5) is 42.0. The second-order valence-electron chi connectivity index (χ2n) is 5.57. The van der Waals surface area contributed by atoms with Gasteiger partial charge in [0, 0.05) is 6.54 Å². The molecule has 2 heterocycles. The molecule has 1 aromatic heterocycles. The fourth-order valence-corrected chi connectivity index (χ4v) is 3.14. The maximum Gasteiger partial charge on any atom is 0.326 e. The molecule has 0 aliphatic carbocycles. The van der Waals surface area contributed by atoms with Crippen LogP contribution < -0.4 is 17.0 Å².